The van der Waals surface area contributed by atoms with Crippen molar-refractivity contribution in [2.24, 2.45) is 40.4 Å². The predicted molar refractivity (Wildman–Crippen MR) is 128 cm³/mol. The van der Waals surface area contributed by atoms with Crippen LogP contribution in [0.25, 0.3) is 0 Å². The molecule has 0 aromatic carbocycles. The Morgan fingerprint density at radius 3 is 2.58 bits per heavy atom. The number of ether oxygens (including phenoxy) is 1. The number of carbonyl (C=O) groups is 2. The van der Waals surface area contributed by atoms with Gasteiger partial charge in [-0.3, -0.25) is 9.59 Å². The van der Waals surface area contributed by atoms with Gasteiger partial charge in [-0.1, -0.05) is 39.2 Å². The second-order valence-corrected chi connectivity index (χ2v) is 12.5. The molecule has 4 nitrogen and oxygen atoms in total. The van der Waals surface area contributed by atoms with E-state index in [0.717, 1.165) is 51.4 Å². The zero-order valence-electron chi connectivity index (χ0n) is 21.0. The first-order valence-corrected chi connectivity index (χ1v) is 13.9. The van der Waals surface area contributed by atoms with Crippen molar-refractivity contribution >= 4 is 11.8 Å². The van der Waals surface area contributed by atoms with Crippen molar-refractivity contribution in [2.45, 2.75) is 110 Å². The van der Waals surface area contributed by atoms with E-state index in [0.29, 0.717) is 61.2 Å². The van der Waals surface area contributed by atoms with Gasteiger partial charge in [0.25, 0.3) is 0 Å². The first-order chi connectivity index (χ1) is 15.7. The Morgan fingerprint density at radius 1 is 1.06 bits per heavy atom. The summed E-state index contributed by atoms with van der Waals surface area (Å²) in [5, 5.41) is 12.3. The van der Waals surface area contributed by atoms with Gasteiger partial charge in [0.05, 0.1) is 12.2 Å². The van der Waals surface area contributed by atoms with Gasteiger partial charge in [-0.05, 0) is 104 Å². The first kappa shape index (κ1) is 23.6. The Labute approximate surface area is 199 Å². The van der Waals surface area contributed by atoms with Crippen LogP contribution >= 0.6 is 0 Å². The van der Waals surface area contributed by atoms with Gasteiger partial charge in [0.2, 0.25) is 0 Å². The number of fused-ring (bicyclic) bond motifs is 7. The molecule has 0 spiro atoms. The van der Waals surface area contributed by atoms with Crippen molar-refractivity contribution in [3.05, 3.63) is 11.6 Å². The molecule has 0 unspecified atom stereocenters. The third-order valence-corrected chi connectivity index (χ3v) is 11.3. The van der Waals surface area contributed by atoms with Gasteiger partial charge in [0.15, 0.2) is 5.78 Å². The number of hydrogen-bond acceptors (Lipinski definition) is 4. The number of allylic oxidation sites excluding steroid dienone is 1. The van der Waals surface area contributed by atoms with E-state index >= 15 is 0 Å². The van der Waals surface area contributed by atoms with Crippen LogP contribution in [0.4, 0.5) is 0 Å². The van der Waals surface area contributed by atoms with Gasteiger partial charge in [0.1, 0.15) is 0 Å². The van der Waals surface area contributed by atoms with E-state index in [4.69, 9.17) is 4.74 Å². The molecule has 184 valence electrons. The Balaban J connectivity index is 1.33. The molecular formula is C29H44O4. The number of unbranched alkanes of at least 4 members (excludes halogenated alkanes) is 2. The van der Waals surface area contributed by atoms with Crippen molar-refractivity contribution in [2.75, 3.05) is 6.61 Å². The van der Waals surface area contributed by atoms with E-state index in [9.17, 15) is 14.7 Å². The van der Waals surface area contributed by atoms with Crippen molar-refractivity contribution in [3.8, 4) is 0 Å². The van der Waals surface area contributed by atoms with Gasteiger partial charge in [-0.25, -0.2) is 0 Å². The highest BCUT2D eigenvalue weighted by atomic mass is 16.5. The normalized spacial score (nSPS) is 45.8. The van der Waals surface area contributed by atoms with Crippen LogP contribution in [0.15, 0.2) is 11.6 Å². The minimum Gasteiger partial charge on any atom is -0.466 e. The molecule has 8 atom stereocenters. The molecule has 5 rings (SSSR count). The highest BCUT2D eigenvalue weighted by Crippen LogP contribution is 2.74. The molecule has 5 aliphatic carbocycles. The summed E-state index contributed by atoms with van der Waals surface area (Å²) in [6, 6.07) is 0. The van der Waals surface area contributed by atoms with E-state index in [-0.39, 0.29) is 16.8 Å². The van der Waals surface area contributed by atoms with Crippen molar-refractivity contribution < 1.29 is 19.4 Å². The lowest BCUT2D eigenvalue weighted by atomic mass is 9.45. The number of ketones is 1. The van der Waals surface area contributed by atoms with Gasteiger partial charge >= 0.3 is 5.97 Å². The summed E-state index contributed by atoms with van der Waals surface area (Å²) in [6.07, 6.45) is 14.5. The summed E-state index contributed by atoms with van der Waals surface area (Å²) in [7, 11) is 0. The first-order valence-electron chi connectivity index (χ1n) is 13.9. The summed E-state index contributed by atoms with van der Waals surface area (Å²) in [6.45, 7) is 7.45. The van der Waals surface area contributed by atoms with E-state index in [1.807, 2.05) is 6.08 Å². The molecule has 0 bridgehead atoms. The molecule has 0 amide bonds. The quantitative estimate of drug-likeness (QED) is 0.376. The molecule has 0 saturated heterocycles. The summed E-state index contributed by atoms with van der Waals surface area (Å²) < 4.78 is 5.48. The van der Waals surface area contributed by atoms with Crippen molar-refractivity contribution in [3.63, 3.8) is 0 Å². The fourth-order valence-electron chi connectivity index (χ4n) is 9.45. The molecule has 0 heterocycles. The van der Waals surface area contributed by atoms with Gasteiger partial charge in [0, 0.05) is 12.8 Å². The Kier molecular flexibility index (Phi) is 6.07. The maximum Gasteiger partial charge on any atom is 0.305 e. The van der Waals surface area contributed by atoms with Crippen molar-refractivity contribution in [1.29, 1.82) is 0 Å². The number of aliphatic hydroxyl groups is 1. The lowest BCUT2D eigenvalue weighted by Crippen LogP contribution is -2.55. The third-order valence-electron chi connectivity index (χ3n) is 11.3. The Morgan fingerprint density at radius 2 is 1.85 bits per heavy atom. The van der Waals surface area contributed by atoms with Crippen LogP contribution in [0.5, 0.6) is 0 Å². The van der Waals surface area contributed by atoms with Gasteiger partial charge in [-0.2, -0.15) is 0 Å². The fraction of sp³-hybridized carbons (Fsp3) is 0.862. The lowest BCUT2D eigenvalue weighted by molar-refractivity contribution is -0.157. The number of esters is 1. The topological polar surface area (TPSA) is 63.6 Å². The molecule has 4 fully saturated rings. The average Bonchev–Trinajstić information content (AvgIpc) is 2.89. The SMILES string of the molecule is CCCCCOC(=O)CC[C@]1(O)[C@H]2CC[C@H]2[C@H]2[C@@H]3CCC4=CC(=O)CC[C@]4(C)[C@H]3CC[C@@]21C. The highest BCUT2D eigenvalue weighted by molar-refractivity contribution is 5.91. The smallest absolute Gasteiger partial charge is 0.305 e. The van der Waals surface area contributed by atoms with Crippen LogP contribution in [-0.2, 0) is 14.3 Å². The van der Waals surface area contributed by atoms with E-state index < -0.39 is 5.60 Å². The van der Waals surface area contributed by atoms with Crippen LogP contribution in [0.1, 0.15) is 104 Å². The maximum atomic E-state index is 12.5. The molecule has 5 aliphatic rings. The summed E-state index contributed by atoms with van der Waals surface area (Å²) in [5.74, 6) is 2.96. The zero-order valence-corrected chi connectivity index (χ0v) is 21.0. The Bertz CT molecular complexity index is 831. The van der Waals surface area contributed by atoms with Gasteiger partial charge < -0.3 is 9.84 Å². The number of rotatable bonds is 7. The second kappa shape index (κ2) is 8.50. The second-order valence-electron chi connectivity index (χ2n) is 12.5. The molecule has 0 aromatic heterocycles. The minimum atomic E-state index is -0.743. The average molecular weight is 457 g/mol. The summed E-state index contributed by atoms with van der Waals surface area (Å²) >= 11 is 0. The summed E-state index contributed by atoms with van der Waals surface area (Å²) in [4.78, 5) is 24.6. The minimum absolute atomic E-state index is 0.107. The van der Waals surface area contributed by atoms with Crippen LogP contribution in [0, 0.1) is 40.4 Å². The molecular weight excluding hydrogens is 412 g/mol. The molecule has 33 heavy (non-hydrogen) atoms. The van der Waals surface area contributed by atoms with Gasteiger partial charge in [-0.15, -0.1) is 0 Å². The van der Waals surface area contributed by atoms with E-state index in [2.05, 4.69) is 20.8 Å². The maximum absolute atomic E-state index is 12.5. The molecule has 4 saturated carbocycles. The molecule has 0 aliphatic heterocycles. The molecule has 1 N–H and O–H groups in total. The summed E-state index contributed by atoms with van der Waals surface area (Å²) in [5.41, 5.74) is 0.728. The Hall–Kier alpha value is -1.16. The lowest BCUT2D eigenvalue weighted by Gasteiger charge is -2.59. The van der Waals surface area contributed by atoms with Crippen LogP contribution in [0.3, 0.4) is 0 Å². The monoisotopic (exact) mass is 456 g/mol. The standard InChI is InChI=1S/C29H44O4/c1-4-5-6-17-33-25(31)13-16-29(32)24-10-9-22(24)26-21-8-7-19-18-20(30)11-14-27(19,2)23(21)12-15-28(26,29)3/h18,21-24,26,32H,4-17H2,1-3H3/t21-,22-,23+,24+,26-,27+,28+,29+/m1/s1. The van der Waals surface area contributed by atoms with Crippen LogP contribution < -0.4 is 0 Å². The number of carbonyl (C=O) groups excluding carboxylic acids is 2. The largest absolute Gasteiger partial charge is 0.466 e. The zero-order chi connectivity index (χ0) is 23.4. The molecule has 0 radical (unpaired) electrons. The predicted octanol–water partition coefficient (Wildman–Crippen LogP) is 6.01. The molecule has 0 aromatic rings. The van der Waals surface area contributed by atoms with Crippen LogP contribution in [-0.4, -0.2) is 29.1 Å². The van der Waals surface area contributed by atoms with Crippen LogP contribution in [0.2, 0.25) is 0 Å². The molecule has 4 heteroatoms. The number of hydrogen-bond donors (Lipinski definition) is 1. The van der Waals surface area contributed by atoms with E-state index in [1.165, 1.54) is 18.4 Å². The van der Waals surface area contributed by atoms with Crippen molar-refractivity contribution in [1.82, 2.24) is 0 Å². The highest BCUT2D eigenvalue weighted by Gasteiger charge is 2.72. The fourth-order valence-corrected chi connectivity index (χ4v) is 9.45. The van der Waals surface area contributed by atoms with E-state index in [1.54, 1.807) is 0 Å². The third kappa shape index (κ3) is 3.48.